The molecule has 0 unspecified atom stereocenters. The highest BCUT2D eigenvalue weighted by Gasteiger charge is 2.30. The molecule has 0 aliphatic rings. The summed E-state index contributed by atoms with van der Waals surface area (Å²) in [7, 11) is 1.66. The fourth-order valence-electron chi connectivity index (χ4n) is 2.98. The summed E-state index contributed by atoms with van der Waals surface area (Å²) in [6.07, 6.45) is -0.0391. The summed E-state index contributed by atoms with van der Waals surface area (Å²) < 4.78 is 38.1. The van der Waals surface area contributed by atoms with Crippen molar-refractivity contribution in [2.75, 3.05) is 18.9 Å². The van der Waals surface area contributed by atoms with Gasteiger partial charge in [-0.25, -0.2) is 9.97 Å². The van der Waals surface area contributed by atoms with E-state index in [9.17, 15) is 18.0 Å². The molecule has 3 aromatic heterocycles. The van der Waals surface area contributed by atoms with Crippen LogP contribution in [-0.2, 0) is 6.18 Å². The van der Waals surface area contributed by atoms with Crippen LogP contribution in [0, 0.1) is 6.92 Å². The number of aryl methyl sites for hydroxylation is 1. The molecular formula is C20H22F3N7O. The third-order valence-electron chi connectivity index (χ3n) is 4.80. The predicted octanol–water partition coefficient (Wildman–Crippen LogP) is 3.35. The second kappa shape index (κ2) is 9.11. The molecule has 1 amide bonds. The van der Waals surface area contributed by atoms with Crippen LogP contribution in [0.3, 0.4) is 0 Å². The SMILES string of the molecule is CC[C@@H](CNc1ccc(C(F)(F)F)cn1)N(C)C(=O)c1nc(C)ccc1-n1nccn1. The lowest BCUT2D eigenvalue weighted by atomic mass is 10.1. The van der Waals surface area contributed by atoms with Crippen molar-refractivity contribution in [3.05, 3.63) is 59.8 Å². The number of halogens is 3. The molecule has 0 aliphatic carbocycles. The maximum atomic E-state index is 13.2. The zero-order valence-electron chi connectivity index (χ0n) is 17.3. The standard InChI is InChI=1S/C20H22F3N7O/c1-4-15(12-25-17-8-6-14(11-24-17)20(21,22)23)29(3)19(31)18-16(7-5-13(2)28-18)30-26-9-10-27-30/h5-11,15H,4,12H2,1-3H3,(H,24,25)/t15-/m0/s1. The average molecular weight is 433 g/mol. The van der Waals surface area contributed by atoms with E-state index < -0.39 is 11.7 Å². The molecule has 3 rings (SSSR count). The third-order valence-corrected chi connectivity index (χ3v) is 4.80. The molecule has 3 heterocycles. The van der Waals surface area contributed by atoms with Crippen LogP contribution in [-0.4, -0.2) is 55.4 Å². The molecule has 0 spiro atoms. The Balaban J connectivity index is 1.74. The summed E-state index contributed by atoms with van der Waals surface area (Å²) in [5.74, 6) is -0.0209. The molecule has 0 fully saturated rings. The number of anilines is 1. The molecule has 1 atom stereocenters. The van der Waals surface area contributed by atoms with Gasteiger partial charge in [-0.1, -0.05) is 6.92 Å². The number of amides is 1. The molecule has 0 saturated heterocycles. The van der Waals surface area contributed by atoms with Crippen molar-refractivity contribution in [3.8, 4) is 5.69 Å². The Labute approximate surface area is 177 Å². The Hall–Kier alpha value is -3.50. The molecule has 8 nitrogen and oxygen atoms in total. The van der Waals surface area contributed by atoms with Gasteiger partial charge >= 0.3 is 6.18 Å². The molecule has 0 aliphatic heterocycles. The Morgan fingerprint density at radius 3 is 2.48 bits per heavy atom. The van der Waals surface area contributed by atoms with Crippen molar-refractivity contribution in [1.29, 1.82) is 0 Å². The average Bonchev–Trinajstić information content (AvgIpc) is 3.27. The second-order valence-electron chi connectivity index (χ2n) is 6.93. The van der Waals surface area contributed by atoms with Crippen molar-refractivity contribution in [2.45, 2.75) is 32.5 Å². The van der Waals surface area contributed by atoms with Gasteiger partial charge < -0.3 is 10.2 Å². The van der Waals surface area contributed by atoms with E-state index in [0.29, 0.717) is 30.2 Å². The van der Waals surface area contributed by atoms with Crippen LogP contribution in [0.5, 0.6) is 0 Å². The topological polar surface area (TPSA) is 88.8 Å². The van der Waals surface area contributed by atoms with Crippen LogP contribution in [0.1, 0.15) is 35.1 Å². The van der Waals surface area contributed by atoms with Crippen molar-refractivity contribution < 1.29 is 18.0 Å². The van der Waals surface area contributed by atoms with E-state index in [2.05, 4.69) is 25.5 Å². The minimum atomic E-state index is -4.44. The number of carbonyl (C=O) groups is 1. The number of likely N-dealkylation sites (N-methyl/N-ethyl adjacent to an activating group) is 1. The molecule has 0 saturated carbocycles. The Kier molecular flexibility index (Phi) is 6.52. The minimum Gasteiger partial charge on any atom is -0.368 e. The largest absolute Gasteiger partial charge is 0.417 e. The van der Waals surface area contributed by atoms with Gasteiger partial charge in [0, 0.05) is 31.5 Å². The lowest BCUT2D eigenvalue weighted by molar-refractivity contribution is -0.137. The molecule has 1 N–H and O–H groups in total. The number of alkyl halides is 3. The van der Waals surface area contributed by atoms with Gasteiger partial charge in [-0.2, -0.15) is 23.4 Å². The third kappa shape index (κ3) is 5.16. The van der Waals surface area contributed by atoms with Crippen LogP contribution in [0.2, 0.25) is 0 Å². The summed E-state index contributed by atoms with van der Waals surface area (Å²) in [6.45, 7) is 4.00. The van der Waals surface area contributed by atoms with E-state index in [1.807, 2.05) is 6.92 Å². The maximum absolute atomic E-state index is 13.2. The lowest BCUT2D eigenvalue weighted by Gasteiger charge is -2.28. The van der Waals surface area contributed by atoms with E-state index in [4.69, 9.17) is 0 Å². The van der Waals surface area contributed by atoms with E-state index in [-0.39, 0.29) is 17.6 Å². The Bertz CT molecular complexity index is 1020. The van der Waals surface area contributed by atoms with Gasteiger partial charge in [0.1, 0.15) is 11.5 Å². The number of nitrogens with one attached hydrogen (secondary N) is 1. The molecule has 11 heteroatoms. The van der Waals surface area contributed by atoms with Gasteiger partial charge in [0.25, 0.3) is 5.91 Å². The summed E-state index contributed by atoms with van der Waals surface area (Å²) in [5.41, 5.74) is 0.528. The van der Waals surface area contributed by atoms with Gasteiger partial charge in [-0.15, -0.1) is 4.80 Å². The van der Waals surface area contributed by atoms with E-state index in [1.165, 1.54) is 23.3 Å². The smallest absolute Gasteiger partial charge is 0.368 e. The van der Waals surface area contributed by atoms with Gasteiger partial charge in [0.05, 0.1) is 18.0 Å². The Morgan fingerprint density at radius 2 is 1.90 bits per heavy atom. The van der Waals surface area contributed by atoms with Crippen LogP contribution in [0.25, 0.3) is 5.69 Å². The Morgan fingerprint density at radius 1 is 1.19 bits per heavy atom. The van der Waals surface area contributed by atoms with Gasteiger partial charge in [-0.05, 0) is 37.6 Å². The zero-order chi connectivity index (χ0) is 22.6. The van der Waals surface area contributed by atoms with E-state index >= 15 is 0 Å². The van der Waals surface area contributed by atoms with Gasteiger partial charge in [-0.3, -0.25) is 4.79 Å². The number of rotatable bonds is 7. The highest BCUT2D eigenvalue weighted by atomic mass is 19.4. The first-order chi connectivity index (χ1) is 14.7. The maximum Gasteiger partial charge on any atom is 0.417 e. The van der Waals surface area contributed by atoms with Gasteiger partial charge in [0.15, 0.2) is 5.69 Å². The number of nitrogens with zero attached hydrogens (tertiary/aromatic N) is 6. The first-order valence-corrected chi connectivity index (χ1v) is 9.59. The van der Waals surface area contributed by atoms with Crippen LogP contribution >= 0.6 is 0 Å². The first-order valence-electron chi connectivity index (χ1n) is 9.59. The molecule has 0 bridgehead atoms. The van der Waals surface area contributed by atoms with Crippen LogP contribution in [0.15, 0.2) is 42.9 Å². The predicted molar refractivity (Wildman–Crippen MR) is 108 cm³/mol. The highest BCUT2D eigenvalue weighted by molar-refractivity contribution is 5.95. The summed E-state index contributed by atoms with van der Waals surface area (Å²) in [5, 5.41) is 11.1. The van der Waals surface area contributed by atoms with Crippen molar-refractivity contribution >= 4 is 11.7 Å². The lowest BCUT2D eigenvalue weighted by Crippen LogP contribution is -2.42. The van der Waals surface area contributed by atoms with Crippen molar-refractivity contribution in [2.24, 2.45) is 0 Å². The van der Waals surface area contributed by atoms with Crippen molar-refractivity contribution in [3.63, 3.8) is 0 Å². The fourth-order valence-corrected chi connectivity index (χ4v) is 2.98. The van der Waals surface area contributed by atoms with Gasteiger partial charge in [0.2, 0.25) is 0 Å². The second-order valence-corrected chi connectivity index (χ2v) is 6.93. The summed E-state index contributed by atoms with van der Waals surface area (Å²) >= 11 is 0. The van der Waals surface area contributed by atoms with Crippen LogP contribution < -0.4 is 5.32 Å². The summed E-state index contributed by atoms with van der Waals surface area (Å²) in [6, 6.07) is 5.48. The van der Waals surface area contributed by atoms with Crippen LogP contribution in [0.4, 0.5) is 19.0 Å². The molecule has 3 aromatic rings. The molecular weight excluding hydrogens is 411 g/mol. The molecule has 164 valence electrons. The minimum absolute atomic E-state index is 0.213. The zero-order valence-corrected chi connectivity index (χ0v) is 17.3. The monoisotopic (exact) mass is 433 g/mol. The van der Waals surface area contributed by atoms with E-state index in [1.54, 1.807) is 31.0 Å². The van der Waals surface area contributed by atoms with Crippen molar-refractivity contribution in [1.82, 2.24) is 29.9 Å². The molecule has 31 heavy (non-hydrogen) atoms. The molecule has 0 aromatic carbocycles. The number of hydrogen-bond donors (Lipinski definition) is 1. The molecule has 0 radical (unpaired) electrons. The number of aromatic nitrogens is 5. The summed E-state index contributed by atoms with van der Waals surface area (Å²) in [4.78, 5) is 24.3. The highest BCUT2D eigenvalue weighted by Crippen LogP contribution is 2.28. The number of hydrogen-bond acceptors (Lipinski definition) is 6. The number of pyridine rings is 2. The normalized spacial score (nSPS) is 12.5. The first kappa shape index (κ1) is 22.2. The quantitative estimate of drug-likeness (QED) is 0.615. The fraction of sp³-hybridized carbons (Fsp3) is 0.350. The number of carbonyl (C=O) groups excluding carboxylic acids is 1. The van der Waals surface area contributed by atoms with E-state index in [0.717, 1.165) is 12.3 Å².